The number of pyridine rings is 1. The number of fused-ring (bicyclic) bond motifs is 1. The number of rotatable bonds is 6. The summed E-state index contributed by atoms with van der Waals surface area (Å²) in [7, 11) is 0. The second-order valence-corrected chi connectivity index (χ2v) is 9.80. The summed E-state index contributed by atoms with van der Waals surface area (Å²) >= 11 is 0. The summed E-state index contributed by atoms with van der Waals surface area (Å²) in [6.45, 7) is 8.51. The first-order valence-corrected chi connectivity index (χ1v) is 13.1. The fourth-order valence-electron chi connectivity index (χ4n) is 5.21. The third-order valence-electron chi connectivity index (χ3n) is 7.40. The topological polar surface area (TPSA) is 113 Å². The Kier molecular flexibility index (Phi) is 6.39. The van der Waals surface area contributed by atoms with Crippen LogP contribution >= 0.6 is 0 Å². The van der Waals surface area contributed by atoms with E-state index in [0.717, 1.165) is 65.0 Å². The monoisotopic (exact) mass is 495 g/mol. The predicted octanol–water partition coefficient (Wildman–Crippen LogP) is 3.53. The van der Waals surface area contributed by atoms with Crippen LogP contribution in [-0.4, -0.2) is 73.3 Å². The molecule has 11 heteroatoms. The Morgan fingerprint density at radius 3 is 2.61 bits per heavy atom. The molecule has 11 nitrogen and oxygen atoms in total. The first kappa shape index (κ1) is 23.1. The molecule has 1 atom stereocenters. The van der Waals surface area contributed by atoms with Gasteiger partial charge in [0.25, 0.3) is 17.9 Å². The van der Waals surface area contributed by atoms with Gasteiger partial charge in [0.1, 0.15) is 6.26 Å². The van der Waals surface area contributed by atoms with Gasteiger partial charge in [-0.2, -0.15) is 9.97 Å². The number of oxazole rings is 2. The van der Waals surface area contributed by atoms with Crippen LogP contribution in [0, 0.1) is 5.92 Å². The molecule has 3 aromatic rings. The van der Waals surface area contributed by atoms with Gasteiger partial charge in [0.15, 0.2) is 17.1 Å². The number of nitrogens with one attached hydrogen (secondary N) is 1. The SMILES string of the molecule is CCC1CCN(c2nc(C(=O)Nc3cc4oc(N5CCOCC5)nc4nc3N3CCCCC3)co2)C1. The highest BCUT2D eigenvalue weighted by atomic mass is 16.5. The van der Waals surface area contributed by atoms with Crippen molar-refractivity contribution in [1.82, 2.24) is 15.0 Å². The molecule has 0 aromatic carbocycles. The van der Waals surface area contributed by atoms with Crippen molar-refractivity contribution in [3.63, 3.8) is 0 Å². The fraction of sp³-hybridized carbons (Fsp3) is 0.600. The lowest BCUT2D eigenvalue weighted by Gasteiger charge is -2.29. The van der Waals surface area contributed by atoms with Gasteiger partial charge in [-0.05, 0) is 31.6 Å². The smallest absolute Gasteiger partial charge is 0.300 e. The van der Waals surface area contributed by atoms with Gasteiger partial charge < -0.3 is 33.6 Å². The van der Waals surface area contributed by atoms with Gasteiger partial charge in [0, 0.05) is 45.3 Å². The molecule has 1 unspecified atom stereocenters. The normalized spacial score (nSPS) is 20.9. The Labute approximate surface area is 209 Å². The lowest BCUT2D eigenvalue weighted by molar-refractivity contribution is 0.102. The number of piperidine rings is 1. The number of carbonyl (C=O) groups excluding carboxylic acids is 1. The average molecular weight is 496 g/mol. The third kappa shape index (κ3) is 4.59. The van der Waals surface area contributed by atoms with Gasteiger partial charge in [-0.1, -0.05) is 13.3 Å². The molecule has 0 aliphatic carbocycles. The number of amides is 1. The minimum atomic E-state index is -0.330. The van der Waals surface area contributed by atoms with Gasteiger partial charge in [0.2, 0.25) is 5.65 Å². The number of anilines is 4. The highest BCUT2D eigenvalue weighted by molar-refractivity contribution is 6.05. The molecule has 1 amide bonds. The zero-order valence-corrected chi connectivity index (χ0v) is 20.7. The summed E-state index contributed by atoms with van der Waals surface area (Å²) in [5.74, 6) is 1.03. The van der Waals surface area contributed by atoms with E-state index < -0.39 is 0 Å². The molecule has 3 fully saturated rings. The summed E-state index contributed by atoms with van der Waals surface area (Å²) in [4.78, 5) is 33.6. The first-order valence-electron chi connectivity index (χ1n) is 13.1. The van der Waals surface area contributed by atoms with Crippen LogP contribution in [0.4, 0.5) is 23.5 Å². The number of carbonyl (C=O) groups is 1. The average Bonchev–Trinajstić information content (AvgIpc) is 3.68. The van der Waals surface area contributed by atoms with E-state index in [2.05, 4.69) is 36.9 Å². The number of ether oxygens (including phenoxy) is 1. The number of hydrogen-bond acceptors (Lipinski definition) is 10. The van der Waals surface area contributed by atoms with Crippen molar-refractivity contribution in [3.8, 4) is 0 Å². The van der Waals surface area contributed by atoms with E-state index in [1.54, 1.807) is 0 Å². The maximum Gasteiger partial charge on any atom is 0.300 e. The van der Waals surface area contributed by atoms with Gasteiger partial charge in [-0.25, -0.2) is 4.98 Å². The van der Waals surface area contributed by atoms with E-state index in [9.17, 15) is 4.79 Å². The molecule has 0 bridgehead atoms. The molecule has 6 rings (SSSR count). The molecule has 3 aromatic heterocycles. The van der Waals surface area contributed by atoms with Crippen molar-refractivity contribution < 1.29 is 18.4 Å². The van der Waals surface area contributed by atoms with E-state index in [-0.39, 0.29) is 11.6 Å². The van der Waals surface area contributed by atoms with E-state index in [1.165, 1.54) is 12.7 Å². The number of morpholine rings is 1. The molecule has 0 radical (unpaired) electrons. The lowest BCUT2D eigenvalue weighted by Crippen LogP contribution is -2.36. The molecular formula is C25H33N7O4. The highest BCUT2D eigenvalue weighted by Gasteiger charge is 2.27. The van der Waals surface area contributed by atoms with Crippen LogP contribution in [0.1, 0.15) is 49.5 Å². The van der Waals surface area contributed by atoms with E-state index in [0.29, 0.717) is 53.9 Å². The van der Waals surface area contributed by atoms with Crippen molar-refractivity contribution >= 4 is 40.7 Å². The first-order chi connectivity index (χ1) is 17.7. The second kappa shape index (κ2) is 9.96. The predicted molar refractivity (Wildman–Crippen MR) is 136 cm³/mol. The van der Waals surface area contributed by atoms with Gasteiger partial charge in [-0.3, -0.25) is 4.79 Å². The van der Waals surface area contributed by atoms with Crippen LogP contribution in [0.15, 0.2) is 21.2 Å². The fourth-order valence-corrected chi connectivity index (χ4v) is 5.21. The van der Waals surface area contributed by atoms with Crippen molar-refractivity contribution in [1.29, 1.82) is 0 Å². The molecule has 0 saturated carbocycles. The number of nitrogens with zero attached hydrogens (tertiary/aromatic N) is 6. The Balaban J connectivity index is 1.27. The largest absolute Gasteiger partial charge is 0.431 e. The number of aromatic nitrogens is 3. The van der Waals surface area contributed by atoms with Crippen LogP contribution < -0.4 is 20.0 Å². The summed E-state index contributed by atoms with van der Waals surface area (Å²) in [6.07, 6.45) is 7.06. The third-order valence-corrected chi connectivity index (χ3v) is 7.40. The lowest BCUT2D eigenvalue weighted by atomic mass is 10.1. The van der Waals surface area contributed by atoms with E-state index in [1.807, 2.05) is 6.07 Å². The van der Waals surface area contributed by atoms with E-state index >= 15 is 0 Å². The maximum absolute atomic E-state index is 13.2. The molecule has 3 aliphatic heterocycles. The van der Waals surface area contributed by atoms with Crippen molar-refractivity contribution in [2.75, 3.05) is 72.5 Å². The quantitative estimate of drug-likeness (QED) is 0.545. The zero-order chi connectivity index (χ0) is 24.5. The molecule has 0 spiro atoms. The van der Waals surface area contributed by atoms with Crippen LogP contribution in [0.25, 0.3) is 11.2 Å². The molecular weight excluding hydrogens is 462 g/mol. The molecule has 192 valence electrons. The van der Waals surface area contributed by atoms with Crippen molar-refractivity contribution in [3.05, 3.63) is 18.0 Å². The standard InChI is InChI=1S/C25H33N7O4/c1-2-17-6-9-32(15-17)24-27-19(16-35-24)23(33)26-18-14-20-21(28-22(18)30-7-4-3-5-8-30)29-25(36-20)31-10-12-34-13-11-31/h14,16-17H,2-13,15H2,1H3,(H,26,33). The molecule has 6 heterocycles. The van der Waals surface area contributed by atoms with Crippen LogP contribution in [0.3, 0.4) is 0 Å². The minimum Gasteiger partial charge on any atom is -0.431 e. The highest BCUT2D eigenvalue weighted by Crippen LogP contribution is 2.33. The summed E-state index contributed by atoms with van der Waals surface area (Å²) in [6, 6.07) is 2.87. The Bertz CT molecular complexity index is 1210. The Morgan fingerprint density at radius 1 is 1.00 bits per heavy atom. The minimum absolute atomic E-state index is 0.251. The second-order valence-electron chi connectivity index (χ2n) is 9.80. The molecule has 1 N–H and O–H groups in total. The van der Waals surface area contributed by atoms with Crippen molar-refractivity contribution in [2.24, 2.45) is 5.92 Å². The van der Waals surface area contributed by atoms with E-state index in [4.69, 9.17) is 18.6 Å². The van der Waals surface area contributed by atoms with Crippen LogP contribution in [0.5, 0.6) is 0 Å². The van der Waals surface area contributed by atoms with Gasteiger partial charge >= 0.3 is 0 Å². The summed E-state index contributed by atoms with van der Waals surface area (Å²) in [5.41, 5.74) is 1.92. The molecule has 3 saturated heterocycles. The Morgan fingerprint density at radius 2 is 1.83 bits per heavy atom. The summed E-state index contributed by atoms with van der Waals surface area (Å²) < 4.78 is 17.2. The van der Waals surface area contributed by atoms with Crippen LogP contribution in [-0.2, 0) is 4.74 Å². The molecule has 3 aliphatic rings. The summed E-state index contributed by atoms with van der Waals surface area (Å²) in [5, 5.41) is 3.02. The van der Waals surface area contributed by atoms with Gasteiger partial charge in [-0.15, -0.1) is 0 Å². The zero-order valence-electron chi connectivity index (χ0n) is 20.7. The Hall–Kier alpha value is -3.34. The maximum atomic E-state index is 13.2. The van der Waals surface area contributed by atoms with Crippen LogP contribution in [0.2, 0.25) is 0 Å². The van der Waals surface area contributed by atoms with Gasteiger partial charge in [0.05, 0.1) is 18.9 Å². The molecule has 36 heavy (non-hydrogen) atoms. The number of hydrogen-bond donors (Lipinski definition) is 1. The van der Waals surface area contributed by atoms with Crippen molar-refractivity contribution in [2.45, 2.75) is 39.0 Å².